The number of Topliss-reactive ketones (excluding diaryl/α,β-unsaturated/α-hetero) is 1. The first-order chi connectivity index (χ1) is 7.26. The molecule has 0 radical (unpaired) electrons. The minimum Gasteiger partial charge on any atom is -0.378 e. The van der Waals surface area contributed by atoms with Gasteiger partial charge in [0, 0.05) is 32.0 Å². The molecule has 2 rings (SSSR count). The maximum Gasteiger partial charge on any atom is 0.139 e. The minimum absolute atomic E-state index is 0.151. The smallest absolute Gasteiger partial charge is 0.139 e. The third-order valence-corrected chi connectivity index (χ3v) is 3.36. The summed E-state index contributed by atoms with van der Waals surface area (Å²) >= 11 is 0. The molecular formula is C12H18O3. The van der Waals surface area contributed by atoms with Crippen molar-refractivity contribution in [2.45, 2.75) is 31.3 Å². The Morgan fingerprint density at radius 3 is 3.07 bits per heavy atom. The Bertz CT molecular complexity index is 254. The second-order valence-electron chi connectivity index (χ2n) is 4.48. The van der Waals surface area contributed by atoms with Crippen molar-refractivity contribution in [2.75, 3.05) is 19.8 Å². The van der Waals surface area contributed by atoms with Gasteiger partial charge in [0.15, 0.2) is 0 Å². The first kappa shape index (κ1) is 10.8. The normalized spacial score (nSPS) is 35.6. The van der Waals surface area contributed by atoms with E-state index in [1.165, 1.54) is 0 Å². The van der Waals surface area contributed by atoms with Gasteiger partial charge in [0.2, 0.25) is 0 Å². The van der Waals surface area contributed by atoms with Crippen LogP contribution >= 0.6 is 0 Å². The molecule has 1 spiro atoms. The van der Waals surface area contributed by atoms with Crippen molar-refractivity contribution in [3.05, 3.63) is 12.7 Å². The number of rotatable bonds is 3. The number of carbonyl (C=O) groups excluding carboxylic acids is 1. The molecule has 0 amide bonds. The maximum absolute atomic E-state index is 11.8. The Morgan fingerprint density at radius 1 is 1.53 bits per heavy atom. The summed E-state index contributed by atoms with van der Waals surface area (Å²) in [5.41, 5.74) is -0.153. The molecule has 2 atom stereocenters. The number of ketones is 1. The standard InChI is InChI=1S/C12H18O3/c1-2-3-11(13)10-4-6-15-12(8-10)5-7-14-9-12/h2,10H,1,3-9H2. The van der Waals surface area contributed by atoms with Gasteiger partial charge in [-0.3, -0.25) is 4.79 Å². The molecule has 2 unspecified atom stereocenters. The molecule has 3 heteroatoms. The van der Waals surface area contributed by atoms with Crippen LogP contribution < -0.4 is 0 Å². The number of hydrogen-bond acceptors (Lipinski definition) is 3. The van der Waals surface area contributed by atoms with Crippen LogP contribution in [0.2, 0.25) is 0 Å². The van der Waals surface area contributed by atoms with Gasteiger partial charge < -0.3 is 9.47 Å². The molecule has 0 N–H and O–H groups in total. The van der Waals surface area contributed by atoms with Gasteiger partial charge in [-0.1, -0.05) is 6.08 Å². The molecule has 2 aliphatic heterocycles. The van der Waals surface area contributed by atoms with Gasteiger partial charge in [0.1, 0.15) is 5.78 Å². The van der Waals surface area contributed by atoms with Gasteiger partial charge in [0.25, 0.3) is 0 Å². The number of hydrogen-bond donors (Lipinski definition) is 0. The molecule has 84 valence electrons. The fourth-order valence-electron chi connectivity index (χ4n) is 2.47. The van der Waals surface area contributed by atoms with Gasteiger partial charge in [-0.15, -0.1) is 6.58 Å². The lowest BCUT2D eigenvalue weighted by Crippen LogP contribution is -2.42. The molecule has 0 aromatic heterocycles. The molecule has 0 saturated carbocycles. The van der Waals surface area contributed by atoms with Crippen molar-refractivity contribution in [1.82, 2.24) is 0 Å². The number of allylic oxidation sites excluding steroid dienone is 1. The zero-order chi connectivity index (χ0) is 10.7. The molecule has 0 aromatic rings. The zero-order valence-corrected chi connectivity index (χ0v) is 9.04. The number of ether oxygens (including phenoxy) is 2. The van der Waals surface area contributed by atoms with Gasteiger partial charge in [0.05, 0.1) is 12.2 Å². The van der Waals surface area contributed by atoms with Crippen LogP contribution in [0, 0.1) is 5.92 Å². The van der Waals surface area contributed by atoms with Gasteiger partial charge >= 0.3 is 0 Å². The lowest BCUT2D eigenvalue weighted by atomic mass is 9.82. The Labute approximate surface area is 90.4 Å². The van der Waals surface area contributed by atoms with Crippen LogP contribution in [0.25, 0.3) is 0 Å². The molecule has 0 bridgehead atoms. The van der Waals surface area contributed by atoms with E-state index in [-0.39, 0.29) is 11.5 Å². The van der Waals surface area contributed by atoms with E-state index in [9.17, 15) is 4.79 Å². The Morgan fingerprint density at radius 2 is 2.40 bits per heavy atom. The SMILES string of the molecule is C=CCC(=O)C1CCOC2(CCOC2)C1. The van der Waals surface area contributed by atoms with Crippen LogP contribution in [0.1, 0.15) is 25.7 Å². The van der Waals surface area contributed by atoms with E-state index >= 15 is 0 Å². The van der Waals surface area contributed by atoms with Crippen LogP contribution in [0.15, 0.2) is 12.7 Å². The van der Waals surface area contributed by atoms with Crippen molar-refractivity contribution in [3.63, 3.8) is 0 Å². The van der Waals surface area contributed by atoms with Crippen LogP contribution in [0.5, 0.6) is 0 Å². The number of carbonyl (C=O) groups is 1. The summed E-state index contributed by atoms with van der Waals surface area (Å²) in [4.78, 5) is 11.8. The Kier molecular flexibility index (Phi) is 3.22. The van der Waals surface area contributed by atoms with Crippen molar-refractivity contribution >= 4 is 5.78 Å². The highest BCUT2D eigenvalue weighted by Crippen LogP contribution is 2.36. The molecule has 15 heavy (non-hydrogen) atoms. The van der Waals surface area contributed by atoms with Crippen molar-refractivity contribution < 1.29 is 14.3 Å². The average Bonchev–Trinajstić information content (AvgIpc) is 2.67. The van der Waals surface area contributed by atoms with E-state index < -0.39 is 0 Å². The lowest BCUT2D eigenvalue weighted by molar-refractivity contribution is -0.136. The van der Waals surface area contributed by atoms with E-state index in [1.54, 1.807) is 6.08 Å². The summed E-state index contributed by atoms with van der Waals surface area (Å²) in [7, 11) is 0. The molecule has 3 nitrogen and oxygen atoms in total. The van der Waals surface area contributed by atoms with E-state index in [0.29, 0.717) is 25.4 Å². The van der Waals surface area contributed by atoms with E-state index in [2.05, 4.69) is 6.58 Å². The largest absolute Gasteiger partial charge is 0.378 e. The van der Waals surface area contributed by atoms with Crippen LogP contribution in [0.3, 0.4) is 0 Å². The van der Waals surface area contributed by atoms with E-state index in [1.807, 2.05) is 0 Å². The molecule has 2 fully saturated rings. The highest BCUT2D eigenvalue weighted by molar-refractivity contribution is 5.82. The third-order valence-electron chi connectivity index (χ3n) is 3.36. The van der Waals surface area contributed by atoms with Crippen LogP contribution in [-0.2, 0) is 14.3 Å². The fraction of sp³-hybridized carbons (Fsp3) is 0.750. The molecular weight excluding hydrogens is 192 g/mol. The molecule has 0 aliphatic carbocycles. The molecule has 0 aromatic carbocycles. The molecule has 2 heterocycles. The van der Waals surface area contributed by atoms with Crippen LogP contribution in [0.4, 0.5) is 0 Å². The lowest BCUT2D eigenvalue weighted by Gasteiger charge is -2.36. The topological polar surface area (TPSA) is 35.5 Å². The van der Waals surface area contributed by atoms with Crippen molar-refractivity contribution in [3.8, 4) is 0 Å². The minimum atomic E-state index is -0.153. The predicted octanol–water partition coefficient (Wildman–Crippen LogP) is 1.72. The van der Waals surface area contributed by atoms with E-state index in [4.69, 9.17) is 9.47 Å². The van der Waals surface area contributed by atoms with Crippen LogP contribution in [-0.4, -0.2) is 31.2 Å². The monoisotopic (exact) mass is 210 g/mol. The second-order valence-corrected chi connectivity index (χ2v) is 4.48. The summed E-state index contributed by atoms with van der Waals surface area (Å²) in [6.45, 7) is 5.72. The maximum atomic E-state index is 11.8. The first-order valence-electron chi connectivity index (χ1n) is 5.61. The predicted molar refractivity (Wildman–Crippen MR) is 56.7 cm³/mol. The molecule has 2 aliphatic rings. The van der Waals surface area contributed by atoms with E-state index in [0.717, 1.165) is 25.9 Å². The van der Waals surface area contributed by atoms with Gasteiger partial charge in [-0.05, 0) is 12.8 Å². The summed E-state index contributed by atoms with van der Waals surface area (Å²) in [5.74, 6) is 0.457. The average molecular weight is 210 g/mol. The van der Waals surface area contributed by atoms with Gasteiger partial charge in [-0.25, -0.2) is 0 Å². The summed E-state index contributed by atoms with van der Waals surface area (Å²) in [5, 5.41) is 0. The fourth-order valence-corrected chi connectivity index (χ4v) is 2.47. The first-order valence-corrected chi connectivity index (χ1v) is 5.61. The zero-order valence-electron chi connectivity index (χ0n) is 9.04. The third kappa shape index (κ3) is 2.29. The second kappa shape index (κ2) is 4.45. The van der Waals surface area contributed by atoms with Crippen molar-refractivity contribution in [2.24, 2.45) is 5.92 Å². The Hall–Kier alpha value is -0.670. The summed E-state index contributed by atoms with van der Waals surface area (Å²) in [6, 6.07) is 0. The quantitative estimate of drug-likeness (QED) is 0.665. The Balaban J connectivity index is 1.97. The van der Waals surface area contributed by atoms with Gasteiger partial charge in [-0.2, -0.15) is 0 Å². The summed E-state index contributed by atoms with van der Waals surface area (Å²) < 4.78 is 11.2. The highest BCUT2D eigenvalue weighted by atomic mass is 16.6. The summed E-state index contributed by atoms with van der Waals surface area (Å²) in [6.07, 6.45) is 4.80. The van der Waals surface area contributed by atoms with Crippen molar-refractivity contribution in [1.29, 1.82) is 0 Å². The molecule has 2 saturated heterocycles. The highest BCUT2D eigenvalue weighted by Gasteiger charge is 2.42.